The summed E-state index contributed by atoms with van der Waals surface area (Å²) in [4.78, 5) is 19.5. The van der Waals surface area contributed by atoms with E-state index in [2.05, 4.69) is 32.3 Å². The van der Waals surface area contributed by atoms with E-state index in [4.69, 9.17) is 9.47 Å². The van der Waals surface area contributed by atoms with Gasteiger partial charge in [-0.25, -0.2) is 13.9 Å². The molecule has 10 nitrogen and oxygen atoms in total. The Balaban J connectivity index is 1.34. The van der Waals surface area contributed by atoms with Gasteiger partial charge in [-0.05, 0) is 49.0 Å². The third-order valence-electron chi connectivity index (χ3n) is 7.06. The number of likely N-dealkylation sites (N-methyl/N-ethyl adjacent to an activating group) is 1. The van der Waals surface area contributed by atoms with Gasteiger partial charge in [0, 0.05) is 50.2 Å². The molecule has 13 heteroatoms. The van der Waals surface area contributed by atoms with E-state index in [9.17, 15) is 18.0 Å². The largest absolute Gasteiger partial charge is 0.457 e. The molecule has 1 saturated heterocycles. The molecule has 0 unspecified atom stereocenters. The standard InChI is InChI=1S/C29H26F3N7O3/c1-29(15-37(2)16-29)17-9-18(30)11-20(10-17)41-19-5-6-24(42-28(31)32)21(12-19)25-23(14-38(3)36-25)35-27(40)22-13-34-39-8-4-7-33-26(22)39/h4-14,28H,15-16H2,1-3H3,(H,35,40). The molecule has 0 aliphatic carbocycles. The summed E-state index contributed by atoms with van der Waals surface area (Å²) in [5.41, 5.74) is 1.64. The van der Waals surface area contributed by atoms with Crippen molar-refractivity contribution >= 4 is 17.2 Å². The van der Waals surface area contributed by atoms with E-state index in [1.54, 1.807) is 25.4 Å². The van der Waals surface area contributed by atoms with Crippen LogP contribution in [0, 0.1) is 5.82 Å². The number of halogens is 3. The first-order valence-corrected chi connectivity index (χ1v) is 13.0. The zero-order chi connectivity index (χ0) is 29.6. The van der Waals surface area contributed by atoms with Gasteiger partial charge in [0.2, 0.25) is 0 Å². The van der Waals surface area contributed by atoms with Gasteiger partial charge < -0.3 is 19.7 Å². The van der Waals surface area contributed by atoms with Crippen LogP contribution in [0.15, 0.2) is 67.3 Å². The summed E-state index contributed by atoms with van der Waals surface area (Å²) in [7, 11) is 3.61. The van der Waals surface area contributed by atoms with Crippen molar-refractivity contribution in [2.75, 3.05) is 25.5 Å². The molecule has 42 heavy (non-hydrogen) atoms. The van der Waals surface area contributed by atoms with E-state index in [0.717, 1.165) is 18.7 Å². The Morgan fingerprint density at radius 1 is 1.12 bits per heavy atom. The van der Waals surface area contributed by atoms with Crippen LogP contribution in [-0.4, -0.2) is 61.9 Å². The molecular formula is C29H26F3N7O3. The predicted octanol–water partition coefficient (Wildman–Crippen LogP) is 5.12. The van der Waals surface area contributed by atoms with Crippen molar-refractivity contribution in [3.05, 3.63) is 84.2 Å². The Bertz CT molecular complexity index is 1800. The fourth-order valence-electron chi connectivity index (χ4n) is 5.35. The topological polar surface area (TPSA) is 98.8 Å². The molecule has 6 rings (SSSR count). The number of nitrogens with zero attached hydrogens (tertiary/aromatic N) is 6. The van der Waals surface area contributed by atoms with Gasteiger partial charge in [0.25, 0.3) is 5.91 Å². The van der Waals surface area contributed by atoms with Gasteiger partial charge in [0.15, 0.2) is 5.65 Å². The number of rotatable bonds is 8. The molecule has 0 spiro atoms. The normalized spacial score (nSPS) is 14.6. The summed E-state index contributed by atoms with van der Waals surface area (Å²) >= 11 is 0. The van der Waals surface area contributed by atoms with Crippen molar-refractivity contribution in [3.63, 3.8) is 0 Å². The summed E-state index contributed by atoms with van der Waals surface area (Å²) < 4.78 is 55.0. The number of carbonyl (C=O) groups is 1. The number of aromatic nitrogens is 5. The number of anilines is 1. The van der Waals surface area contributed by atoms with E-state index in [1.165, 1.54) is 58.1 Å². The van der Waals surface area contributed by atoms with Crippen LogP contribution >= 0.6 is 0 Å². The number of likely N-dealkylation sites (tertiary alicyclic amines) is 1. The average Bonchev–Trinajstić information content (AvgIpc) is 3.51. The lowest BCUT2D eigenvalue weighted by molar-refractivity contribution is -0.0494. The highest BCUT2D eigenvalue weighted by Gasteiger charge is 2.38. The van der Waals surface area contributed by atoms with Crippen molar-refractivity contribution in [1.29, 1.82) is 0 Å². The maximum absolute atomic E-state index is 14.6. The third-order valence-corrected chi connectivity index (χ3v) is 7.06. The second-order valence-corrected chi connectivity index (χ2v) is 10.5. The lowest BCUT2D eigenvalue weighted by Gasteiger charge is -2.46. The first-order valence-electron chi connectivity index (χ1n) is 13.0. The molecule has 216 valence electrons. The molecule has 0 atom stereocenters. The fraction of sp³-hybridized carbons (Fsp3) is 0.241. The summed E-state index contributed by atoms with van der Waals surface area (Å²) in [6.45, 7) is 0.493. The highest BCUT2D eigenvalue weighted by Crippen LogP contribution is 2.40. The monoisotopic (exact) mass is 577 g/mol. The maximum Gasteiger partial charge on any atom is 0.387 e. The minimum absolute atomic E-state index is 0.130. The molecule has 1 fully saturated rings. The van der Waals surface area contributed by atoms with Gasteiger partial charge in [0.05, 0.1) is 17.4 Å². The molecule has 3 aromatic heterocycles. The van der Waals surface area contributed by atoms with Crippen LogP contribution < -0.4 is 14.8 Å². The van der Waals surface area contributed by atoms with Crippen LogP contribution in [0.1, 0.15) is 22.8 Å². The van der Waals surface area contributed by atoms with Crippen molar-refractivity contribution in [2.24, 2.45) is 7.05 Å². The summed E-state index contributed by atoms with van der Waals surface area (Å²) in [6, 6.07) is 10.4. The van der Waals surface area contributed by atoms with Crippen molar-refractivity contribution < 1.29 is 27.4 Å². The molecule has 1 aliphatic rings. The summed E-state index contributed by atoms with van der Waals surface area (Å²) in [6.07, 6.45) is 6.10. The van der Waals surface area contributed by atoms with Crippen molar-refractivity contribution in [2.45, 2.75) is 19.0 Å². The minimum Gasteiger partial charge on any atom is -0.457 e. The third kappa shape index (κ3) is 5.26. The second-order valence-electron chi connectivity index (χ2n) is 10.5. The zero-order valence-electron chi connectivity index (χ0n) is 22.9. The van der Waals surface area contributed by atoms with Crippen LogP contribution in [0.3, 0.4) is 0 Å². The molecule has 1 N–H and O–H groups in total. The molecule has 4 heterocycles. The lowest BCUT2D eigenvalue weighted by Crippen LogP contribution is -2.55. The second kappa shape index (κ2) is 10.5. The molecule has 1 amide bonds. The van der Waals surface area contributed by atoms with E-state index in [0.29, 0.717) is 5.65 Å². The summed E-state index contributed by atoms with van der Waals surface area (Å²) in [5, 5.41) is 11.3. The lowest BCUT2D eigenvalue weighted by atomic mass is 9.76. The Morgan fingerprint density at radius 3 is 2.69 bits per heavy atom. The van der Waals surface area contributed by atoms with E-state index >= 15 is 0 Å². The molecule has 5 aromatic rings. The van der Waals surface area contributed by atoms with Crippen LogP contribution in [0.4, 0.5) is 18.9 Å². The average molecular weight is 578 g/mol. The highest BCUT2D eigenvalue weighted by atomic mass is 19.3. The molecule has 1 aliphatic heterocycles. The van der Waals surface area contributed by atoms with Crippen molar-refractivity contribution in [1.82, 2.24) is 29.3 Å². The minimum atomic E-state index is -3.12. The quantitative estimate of drug-likeness (QED) is 0.273. The van der Waals surface area contributed by atoms with Crippen LogP contribution in [-0.2, 0) is 12.5 Å². The number of nitrogens with one attached hydrogen (secondary N) is 1. The highest BCUT2D eigenvalue weighted by molar-refractivity contribution is 6.09. The van der Waals surface area contributed by atoms with Gasteiger partial charge in [-0.15, -0.1) is 0 Å². The number of fused-ring (bicyclic) bond motifs is 1. The number of benzene rings is 2. The Kier molecular flexibility index (Phi) is 6.81. The molecule has 0 bridgehead atoms. The SMILES string of the molecule is CN1CC(C)(c2cc(F)cc(Oc3ccc(OC(F)F)c(-c4nn(C)cc4NC(=O)c4cnn5cccnc45)c3)c2)C1. The molecule has 0 radical (unpaired) electrons. The molecular weight excluding hydrogens is 551 g/mol. The van der Waals surface area contributed by atoms with E-state index in [-0.39, 0.29) is 45.2 Å². The van der Waals surface area contributed by atoms with Gasteiger partial charge in [-0.2, -0.15) is 19.0 Å². The number of carbonyl (C=O) groups excluding carboxylic acids is 1. The van der Waals surface area contributed by atoms with E-state index < -0.39 is 18.3 Å². The Hall–Kier alpha value is -4.91. The zero-order valence-corrected chi connectivity index (χ0v) is 22.9. The van der Waals surface area contributed by atoms with Gasteiger partial charge in [0.1, 0.15) is 34.3 Å². The fourth-order valence-corrected chi connectivity index (χ4v) is 5.35. The van der Waals surface area contributed by atoms with E-state index in [1.807, 2.05) is 7.05 Å². The van der Waals surface area contributed by atoms with Crippen LogP contribution in [0.25, 0.3) is 16.9 Å². The van der Waals surface area contributed by atoms with Gasteiger partial charge in [-0.3, -0.25) is 9.48 Å². The smallest absolute Gasteiger partial charge is 0.387 e. The first kappa shape index (κ1) is 27.3. The van der Waals surface area contributed by atoms with Crippen LogP contribution in [0.5, 0.6) is 17.2 Å². The van der Waals surface area contributed by atoms with Gasteiger partial charge in [-0.1, -0.05) is 6.92 Å². The number of amides is 1. The molecule has 0 saturated carbocycles. The number of hydrogen-bond acceptors (Lipinski definition) is 7. The maximum atomic E-state index is 14.6. The van der Waals surface area contributed by atoms with Crippen LogP contribution in [0.2, 0.25) is 0 Å². The Morgan fingerprint density at radius 2 is 1.93 bits per heavy atom. The number of ether oxygens (including phenoxy) is 2. The number of alkyl halides is 2. The predicted molar refractivity (Wildman–Crippen MR) is 148 cm³/mol. The number of aryl methyl sites for hydroxylation is 1. The van der Waals surface area contributed by atoms with Crippen molar-refractivity contribution in [3.8, 4) is 28.5 Å². The molecule has 2 aromatic carbocycles. The summed E-state index contributed by atoms with van der Waals surface area (Å²) in [5.74, 6) is -0.676. The first-order chi connectivity index (χ1) is 20.1. The number of hydrogen-bond donors (Lipinski definition) is 1. The van der Waals surface area contributed by atoms with Gasteiger partial charge >= 0.3 is 6.61 Å². The Labute approximate surface area is 238 Å².